The maximum absolute atomic E-state index is 12.0. The van der Waals surface area contributed by atoms with Crippen LogP contribution in [-0.2, 0) is 14.3 Å². The van der Waals surface area contributed by atoms with Gasteiger partial charge in [0.1, 0.15) is 6.07 Å². The van der Waals surface area contributed by atoms with Crippen molar-refractivity contribution in [3.05, 3.63) is 57.3 Å². The standard InChI is InChI=1S/C17H13ClN2O3S/c1-11(23-16(21)5-2-12-6-7-24-10-12)17(22)20-14-4-3-13(9-19)15(18)8-14/h2-8,10-11H,1H3,(H,20,22)/b5-2+/t11-/m0/s1. The summed E-state index contributed by atoms with van der Waals surface area (Å²) in [5, 5.41) is 15.4. The number of esters is 1. The molecule has 1 atom stereocenters. The molecule has 122 valence electrons. The van der Waals surface area contributed by atoms with Gasteiger partial charge in [-0.2, -0.15) is 16.6 Å². The van der Waals surface area contributed by atoms with E-state index in [1.807, 2.05) is 22.9 Å². The van der Waals surface area contributed by atoms with Crippen LogP contribution >= 0.6 is 22.9 Å². The van der Waals surface area contributed by atoms with Gasteiger partial charge in [0.25, 0.3) is 5.91 Å². The second-order valence-electron chi connectivity index (χ2n) is 4.76. The first-order chi connectivity index (χ1) is 11.5. The molecule has 1 amide bonds. The first kappa shape index (κ1) is 17.7. The lowest BCUT2D eigenvalue weighted by atomic mass is 10.2. The Morgan fingerprint density at radius 2 is 2.21 bits per heavy atom. The topological polar surface area (TPSA) is 79.2 Å². The van der Waals surface area contributed by atoms with Gasteiger partial charge in [-0.1, -0.05) is 11.6 Å². The Morgan fingerprint density at radius 3 is 2.83 bits per heavy atom. The van der Waals surface area contributed by atoms with E-state index >= 15 is 0 Å². The molecule has 0 aliphatic rings. The molecule has 1 N–H and O–H groups in total. The van der Waals surface area contributed by atoms with Gasteiger partial charge < -0.3 is 10.1 Å². The highest BCUT2D eigenvalue weighted by molar-refractivity contribution is 7.08. The number of nitrogens with one attached hydrogen (secondary N) is 1. The van der Waals surface area contributed by atoms with E-state index in [1.165, 1.54) is 36.5 Å². The van der Waals surface area contributed by atoms with Crippen molar-refractivity contribution >= 4 is 46.6 Å². The fourth-order valence-corrected chi connectivity index (χ4v) is 2.58. The Labute approximate surface area is 148 Å². The second-order valence-corrected chi connectivity index (χ2v) is 5.95. The number of nitrogens with zero attached hydrogens (tertiary/aromatic N) is 1. The van der Waals surface area contributed by atoms with Crippen molar-refractivity contribution in [2.24, 2.45) is 0 Å². The number of amides is 1. The molecule has 0 radical (unpaired) electrons. The summed E-state index contributed by atoms with van der Waals surface area (Å²) < 4.78 is 5.04. The molecular formula is C17H13ClN2O3S. The van der Waals surface area contributed by atoms with Gasteiger partial charge in [0.2, 0.25) is 0 Å². The summed E-state index contributed by atoms with van der Waals surface area (Å²) in [7, 11) is 0. The molecule has 0 aliphatic heterocycles. The molecule has 1 aromatic carbocycles. The molecule has 2 aromatic rings. The summed E-state index contributed by atoms with van der Waals surface area (Å²) in [6.07, 6.45) is 1.91. The van der Waals surface area contributed by atoms with E-state index in [0.717, 1.165) is 5.56 Å². The number of rotatable bonds is 5. The van der Waals surface area contributed by atoms with Crippen LogP contribution in [0, 0.1) is 11.3 Å². The molecule has 0 fully saturated rings. The van der Waals surface area contributed by atoms with Crippen molar-refractivity contribution in [2.45, 2.75) is 13.0 Å². The predicted molar refractivity (Wildman–Crippen MR) is 93.7 cm³/mol. The average molecular weight is 361 g/mol. The van der Waals surface area contributed by atoms with Crippen LogP contribution in [-0.4, -0.2) is 18.0 Å². The Bertz CT molecular complexity index is 810. The molecule has 0 bridgehead atoms. The third-order valence-electron chi connectivity index (χ3n) is 2.97. The van der Waals surface area contributed by atoms with Crippen LogP contribution in [0.5, 0.6) is 0 Å². The van der Waals surface area contributed by atoms with E-state index in [0.29, 0.717) is 11.3 Å². The summed E-state index contributed by atoms with van der Waals surface area (Å²) >= 11 is 7.42. The van der Waals surface area contributed by atoms with E-state index in [4.69, 9.17) is 21.6 Å². The molecule has 7 heteroatoms. The highest BCUT2D eigenvalue weighted by atomic mass is 35.5. The number of carbonyl (C=O) groups excluding carboxylic acids is 2. The molecule has 2 rings (SSSR count). The largest absolute Gasteiger partial charge is 0.449 e. The summed E-state index contributed by atoms with van der Waals surface area (Å²) in [6, 6.07) is 8.30. The predicted octanol–water partition coefficient (Wildman–Crippen LogP) is 3.86. The molecule has 5 nitrogen and oxygen atoms in total. The number of benzene rings is 1. The maximum atomic E-state index is 12.0. The molecule has 1 aromatic heterocycles. The van der Waals surface area contributed by atoms with Crippen molar-refractivity contribution < 1.29 is 14.3 Å². The molecule has 0 saturated carbocycles. The number of halogens is 1. The SMILES string of the molecule is C[C@H](OC(=O)/C=C/c1ccsc1)C(=O)Nc1ccc(C#N)c(Cl)c1. The number of thiophene rings is 1. The molecular weight excluding hydrogens is 348 g/mol. The minimum atomic E-state index is -0.973. The van der Waals surface area contributed by atoms with Gasteiger partial charge in [0.05, 0.1) is 10.6 Å². The van der Waals surface area contributed by atoms with Gasteiger partial charge in [-0.3, -0.25) is 4.79 Å². The average Bonchev–Trinajstić information content (AvgIpc) is 3.06. The van der Waals surface area contributed by atoms with E-state index < -0.39 is 18.0 Å². The van der Waals surface area contributed by atoms with Gasteiger partial charge in [0, 0.05) is 11.8 Å². The number of nitriles is 1. The zero-order chi connectivity index (χ0) is 17.5. The Balaban J connectivity index is 1.91. The van der Waals surface area contributed by atoms with Crippen molar-refractivity contribution in [3.63, 3.8) is 0 Å². The number of ether oxygens (including phenoxy) is 1. The first-order valence-electron chi connectivity index (χ1n) is 6.91. The van der Waals surface area contributed by atoms with Crippen LogP contribution in [0.2, 0.25) is 5.02 Å². The van der Waals surface area contributed by atoms with Crippen molar-refractivity contribution in [1.29, 1.82) is 5.26 Å². The molecule has 0 saturated heterocycles. The van der Waals surface area contributed by atoms with Crippen LogP contribution in [0.25, 0.3) is 6.08 Å². The van der Waals surface area contributed by atoms with Gasteiger partial charge >= 0.3 is 5.97 Å². The van der Waals surface area contributed by atoms with Crippen LogP contribution in [0.4, 0.5) is 5.69 Å². The third-order valence-corrected chi connectivity index (χ3v) is 3.99. The lowest BCUT2D eigenvalue weighted by molar-refractivity contribution is -0.148. The van der Waals surface area contributed by atoms with Gasteiger partial charge in [-0.15, -0.1) is 0 Å². The molecule has 0 unspecified atom stereocenters. The zero-order valence-electron chi connectivity index (χ0n) is 12.7. The second kappa shape index (κ2) is 8.29. The Morgan fingerprint density at radius 1 is 1.42 bits per heavy atom. The highest BCUT2D eigenvalue weighted by Crippen LogP contribution is 2.20. The molecule has 24 heavy (non-hydrogen) atoms. The fourth-order valence-electron chi connectivity index (χ4n) is 1.73. The minimum Gasteiger partial charge on any atom is -0.449 e. The lowest BCUT2D eigenvalue weighted by Crippen LogP contribution is -2.29. The summed E-state index contributed by atoms with van der Waals surface area (Å²) in [5.41, 5.74) is 1.62. The van der Waals surface area contributed by atoms with Crippen LogP contribution in [0.15, 0.2) is 41.1 Å². The fraction of sp³-hybridized carbons (Fsp3) is 0.118. The lowest BCUT2D eigenvalue weighted by Gasteiger charge is -2.12. The van der Waals surface area contributed by atoms with Crippen molar-refractivity contribution in [2.75, 3.05) is 5.32 Å². The van der Waals surface area contributed by atoms with E-state index in [-0.39, 0.29) is 5.02 Å². The van der Waals surface area contributed by atoms with E-state index in [1.54, 1.807) is 12.1 Å². The summed E-state index contributed by atoms with van der Waals surface area (Å²) in [4.78, 5) is 23.7. The van der Waals surface area contributed by atoms with Crippen LogP contribution in [0.1, 0.15) is 18.1 Å². The number of hydrogen-bond acceptors (Lipinski definition) is 5. The maximum Gasteiger partial charge on any atom is 0.331 e. The third kappa shape index (κ3) is 4.95. The highest BCUT2D eigenvalue weighted by Gasteiger charge is 2.17. The number of carbonyl (C=O) groups is 2. The summed E-state index contributed by atoms with van der Waals surface area (Å²) in [5.74, 6) is -1.10. The van der Waals surface area contributed by atoms with Gasteiger partial charge in [-0.25, -0.2) is 4.79 Å². The monoisotopic (exact) mass is 360 g/mol. The number of anilines is 1. The van der Waals surface area contributed by atoms with Crippen LogP contribution < -0.4 is 5.32 Å². The Hall–Kier alpha value is -2.62. The van der Waals surface area contributed by atoms with E-state index in [2.05, 4.69) is 5.32 Å². The molecule has 0 spiro atoms. The normalized spacial score (nSPS) is 11.7. The first-order valence-corrected chi connectivity index (χ1v) is 8.23. The number of hydrogen-bond donors (Lipinski definition) is 1. The van der Waals surface area contributed by atoms with E-state index in [9.17, 15) is 9.59 Å². The van der Waals surface area contributed by atoms with Gasteiger partial charge in [-0.05, 0) is 53.6 Å². The molecule has 1 heterocycles. The van der Waals surface area contributed by atoms with Crippen molar-refractivity contribution in [3.8, 4) is 6.07 Å². The van der Waals surface area contributed by atoms with Crippen molar-refractivity contribution in [1.82, 2.24) is 0 Å². The Kier molecular flexibility index (Phi) is 6.13. The minimum absolute atomic E-state index is 0.235. The van der Waals surface area contributed by atoms with Gasteiger partial charge in [0.15, 0.2) is 6.10 Å². The summed E-state index contributed by atoms with van der Waals surface area (Å²) in [6.45, 7) is 1.47. The molecule has 0 aliphatic carbocycles. The quantitative estimate of drug-likeness (QED) is 0.648. The van der Waals surface area contributed by atoms with Crippen LogP contribution in [0.3, 0.4) is 0 Å². The zero-order valence-corrected chi connectivity index (χ0v) is 14.2. The smallest absolute Gasteiger partial charge is 0.331 e.